The first-order valence-corrected chi connectivity index (χ1v) is 10.4. The third-order valence-corrected chi connectivity index (χ3v) is 5.14. The van der Waals surface area contributed by atoms with Gasteiger partial charge in [-0.1, -0.05) is 29.8 Å². The van der Waals surface area contributed by atoms with Crippen LogP contribution in [0.2, 0.25) is 5.02 Å². The molecular formula is C21H22ClN3O3S. The number of carbonyl (C=O) groups excluding carboxylic acids is 1. The highest BCUT2D eigenvalue weighted by Gasteiger charge is 2.09. The van der Waals surface area contributed by atoms with Crippen LogP contribution in [0.4, 0.5) is 0 Å². The highest BCUT2D eigenvalue weighted by molar-refractivity contribution is 7.09. The second-order valence-corrected chi connectivity index (χ2v) is 7.72. The fourth-order valence-electron chi connectivity index (χ4n) is 2.59. The summed E-state index contributed by atoms with van der Waals surface area (Å²) in [5.41, 5.74) is 2.77. The lowest BCUT2D eigenvalue weighted by molar-refractivity contribution is -0.120. The van der Waals surface area contributed by atoms with E-state index in [1.807, 2.05) is 35.7 Å². The summed E-state index contributed by atoms with van der Waals surface area (Å²) in [7, 11) is 1.62. The van der Waals surface area contributed by atoms with Gasteiger partial charge in [0.1, 0.15) is 6.61 Å². The Morgan fingerprint density at radius 2 is 2.10 bits per heavy atom. The lowest BCUT2D eigenvalue weighted by atomic mass is 10.2. The maximum absolute atomic E-state index is 12.2. The number of thiazole rings is 1. The van der Waals surface area contributed by atoms with Crippen molar-refractivity contribution >= 4 is 28.8 Å². The quantitative estimate of drug-likeness (QED) is 0.496. The predicted octanol–water partition coefficient (Wildman–Crippen LogP) is 3.67. The van der Waals surface area contributed by atoms with Crippen LogP contribution in [-0.2, 0) is 28.9 Å². The number of methoxy groups -OCH3 is 1. The number of hydrogen-bond donors (Lipinski definition) is 1. The average molecular weight is 432 g/mol. The van der Waals surface area contributed by atoms with Gasteiger partial charge in [-0.3, -0.25) is 4.79 Å². The summed E-state index contributed by atoms with van der Waals surface area (Å²) in [6, 6.07) is 11.4. The van der Waals surface area contributed by atoms with Crippen LogP contribution in [0.25, 0.3) is 0 Å². The van der Waals surface area contributed by atoms with Gasteiger partial charge in [0.25, 0.3) is 0 Å². The monoisotopic (exact) mass is 431 g/mol. The van der Waals surface area contributed by atoms with Crippen molar-refractivity contribution in [3.05, 3.63) is 74.8 Å². The summed E-state index contributed by atoms with van der Waals surface area (Å²) in [5.74, 6) is 0.455. The van der Waals surface area contributed by atoms with Crippen LogP contribution in [0.3, 0.4) is 0 Å². The Labute approximate surface area is 178 Å². The van der Waals surface area contributed by atoms with Crippen LogP contribution in [0.5, 0.6) is 5.88 Å². The van der Waals surface area contributed by atoms with E-state index in [-0.39, 0.29) is 12.3 Å². The van der Waals surface area contributed by atoms with Gasteiger partial charge in [-0.2, -0.15) is 0 Å². The number of ether oxygens (including phenoxy) is 2. The van der Waals surface area contributed by atoms with E-state index in [1.165, 1.54) is 0 Å². The molecule has 3 aromatic rings. The molecule has 0 bridgehead atoms. The van der Waals surface area contributed by atoms with E-state index in [2.05, 4.69) is 15.3 Å². The van der Waals surface area contributed by atoms with E-state index in [0.717, 1.165) is 21.8 Å². The molecular weight excluding hydrogens is 410 g/mol. The van der Waals surface area contributed by atoms with Crippen molar-refractivity contribution in [1.29, 1.82) is 0 Å². The molecule has 0 aliphatic heterocycles. The van der Waals surface area contributed by atoms with Gasteiger partial charge in [0.05, 0.1) is 23.7 Å². The third-order valence-electron chi connectivity index (χ3n) is 4.01. The van der Waals surface area contributed by atoms with E-state index >= 15 is 0 Å². The molecule has 1 N–H and O–H groups in total. The summed E-state index contributed by atoms with van der Waals surface area (Å²) in [4.78, 5) is 21.0. The molecule has 0 aliphatic carbocycles. The van der Waals surface area contributed by atoms with Gasteiger partial charge in [0.15, 0.2) is 0 Å². The molecule has 0 radical (unpaired) electrons. The average Bonchev–Trinajstić information content (AvgIpc) is 3.14. The molecule has 0 atom stereocenters. The first-order chi connectivity index (χ1) is 14.1. The SMILES string of the molecule is COCCOc1ccc(CNC(=O)Cc2csc(Cc3cccc(Cl)c3)n2)cn1. The summed E-state index contributed by atoms with van der Waals surface area (Å²) < 4.78 is 10.3. The molecule has 6 nitrogen and oxygen atoms in total. The molecule has 2 heterocycles. The molecule has 0 unspecified atom stereocenters. The lowest BCUT2D eigenvalue weighted by Crippen LogP contribution is -2.24. The number of aromatic nitrogens is 2. The summed E-state index contributed by atoms with van der Waals surface area (Å²) >= 11 is 7.57. The zero-order chi connectivity index (χ0) is 20.5. The van der Waals surface area contributed by atoms with Gasteiger partial charge in [-0.05, 0) is 23.3 Å². The normalized spacial score (nSPS) is 10.7. The molecule has 152 valence electrons. The molecule has 0 aliphatic rings. The summed E-state index contributed by atoms with van der Waals surface area (Å²) in [6.45, 7) is 1.37. The number of amides is 1. The Bertz CT molecular complexity index is 931. The lowest BCUT2D eigenvalue weighted by Gasteiger charge is -2.07. The predicted molar refractivity (Wildman–Crippen MR) is 114 cm³/mol. The number of nitrogens with one attached hydrogen (secondary N) is 1. The van der Waals surface area contributed by atoms with E-state index < -0.39 is 0 Å². The number of rotatable bonds is 10. The first-order valence-electron chi connectivity index (χ1n) is 9.13. The number of hydrogen-bond acceptors (Lipinski definition) is 6. The summed E-state index contributed by atoms with van der Waals surface area (Å²) in [5, 5.41) is 6.49. The number of pyridine rings is 1. The van der Waals surface area contributed by atoms with Gasteiger partial charge in [0.2, 0.25) is 11.8 Å². The topological polar surface area (TPSA) is 73.3 Å². The van der Waals surface area contributed by atoms with Crippen molar-refractivity contribution in [2.24, 2.45) is 0 Å². The molecule has 1 aromatic carbocycles. The van der Waals surface area contributed by atoms with E-state index in [4.69, 9.17) is 21.1 Å². The van der Waals surface area contributed by atoms with Gasteiger partial charge >= 0.3 is 0 Å². The van der Waals surface area contributed by atoms with Crippen LogP contribution in [-0.4, -0.2) is 36.2 Å². The largest absolute Gasteiger partial charge is 0.475 e. The minimum absolute atomic E-state index is 0.0787. The van der Waals surface area contributed by atoms with Gasteiger partial charge in [0, 0.05) is 42.7 Å². The minimum atomic E-state index is -0.0787. The van der Waals surface area contributed by atoms with Crippen LogP contribution < -0.4 is 10.1 Å². The zero-order valence-corrected chi connectivity index (χ0v) is 17.6. The second kappa shape index (κ2) is 10.9. The smallest absolute Gasteiger partial charge is 0.226 e. The number of carbonyl (C=O) groups is 1. The Hall–Kier alpha value is -2.48. The first kappa shape index (κ1) is 21.2. The molecule has 1 amide bonds. The standard InChI is InChI=1S/C21H22ClN3O3S/c1-27-7-8-28-20-6-5-16(13-24-20)12-23-19(26)11-18-14-29-21(25-18)10-15-3-2-4-17(22)9-15/h2-6,9,13-14H,7-8,10-12H2,1H3,(H,23,26). The summed E-state index contributed by atoms with van der Waals surface area (Å²) in [6.07, 6.45) is 2.64. The molecule has 0 fully saturated rings. The Morgan fingerprint density at radius 1 is 1.21 bits per heavy atom. The number of halogens is 1. The van der Waals surface area contributed by atoms with E-state index in [0.29, 0.717) is 37.1 Å². The van der Waals surface area contributed by atoms with Gasteiger partial charge in [-0.25, -0.2) is 9.97 Å². The number of nitrogens with zero attached hydrogens (tertiary/aromatic N) is 2. The Kier molecular flexibility index (Phi) is 7.98. The number of benzene rings is 1. The van der Waals surface area contributed by atoms with Crippen molar-refractivity contribution in [3.63, 3.8) is 0 Å². The molecule has 2 aromatic heterocycles. The third kappa shape index (κ3) is 7.12. The van der Waals surface area contributed by atoms with Crippen molar-refractivity contribution in [3.8, 4) is 5.88 Å². The van der Waals surface area contributed by atoms with Crippen LogP contribution >= 0.6 is 22.9 Å². The fourth-order valence-corrected chi connectivity index (χ4v) is 3.63. The second-order valence-electron chi connectivity index (χ2n) is 6.34. The van der Waals surface area contributed by atoms with Crippen molar-refractivity contribution in [1.82, 2.24) is 15.3 Å². The maximum Gasteiger partial charge on any atom is 0.226 e. The molecule has 8 heteroatoms. The highest BCUT2D eigenvalue weighted by atomic mass is 35.5. The Balaban J connectivity index is 1.44. The fraction of sp³-hybridized carbons (Fsp3) is 0.286. The van der Waals surface area contributed by atoms with E-state index in [9.17, 15) is 4.79 Å². The molecule has 0 saturated heterocycles. The molecule has 0 saturated carbocycles. The molecule has 29 heavy (non-hydrogen) atoms. The molecule has 0 spiro atoms. The zero-order valence-electron chi connectivity index (χ0n) is 16.1. The Morgan fingerprint density at radius 3 is 2.86 bits per heavy atom. The van der Waals surface area contributed by atoms with E-state index in [1.54, 1.807) is 30.7 Å². The highest BCUT2D eigenvalue weighted by Crippen LogP contribution is 2.18. The van der Waals surface area contributed by atoms with Gasteiger partial charge in [-0.15, -0.1) is 11.3 Å². The van der Waals surface area contributed by atoms with Crippen LogP contribution in [0, 0.1) is 0 Å². The minimum Gasteiger partial charge on any atom is -0.475 e. The van der Waals surface area contributed by atoms with Crippen molar-refractivity contribution in [2.45, 2.75) is 19.4 Å². The van der Waals surface area contributed by atoms with Crippen LogP contribution in [0.1, 0.15) is 21.8 Å². The van der Waals surface area contributed by atoms with Gasteiger partial charge < -0.3 is 14.8 Å². The molecule has 3 rings (SSSR count). The van der Waals surface area contributed by atoms with Crippen molar-refractivity contribution < 1.29 is 14.3 Å². The maximum atomic E-state index is 12.2. The van der Waals surface area contributed by atoms with Crippen LogP contribution in [0.15, 0.2) is 48.0 Å². The van der Waals surface area contributed by atoms with Crippen molar-refractivity contribution in [2.75, 3.05) is 20.3 Å².